The van der Waals surface area contributed by atoms with Gasteiger partial charge in [0.1, 0.15) is 33.7 Å². The number of fused-ring (bicyclic) bond motifs is 13. The zero-order valence-electron chi connectivity index (χ0n) is 31.2. The second kappa shape index (κ2) is 12.0. The lowest BCUT2D eigenvalue weighted by Gasteiger charge is -2.14. The number of benzene rings is 8. The molecule has 4 aromatic heterocycles. The molecule has 4 heteroatoms. The first-order valence-corrected chi connectivity index (χ1v) is 19.8. The average Bonchev–Trinajstić information content (AvgIpc) is 4.05. The average molecular weight is 745 g/mol. The zero-order chi connectivity index (χ0) is 37.9. The van der Waals surface area contributed by atoms with E-state index in [2.05, 4.69) is 158 Å². The molecule has 0 N–H and O–H groups in total. The fraction of sp³-hybridized carbons (Fsp3) is 0.0370. The Hall–Kier alpha value is -7.56. The molecular formula is C54H32O4. The van der Waals surface area contributed by atoms with Crippen molar-refractivity contribution in [3.05, 3.63) is 181 Å². The van der Waals surface area contributed by atoms with Gasteiger partial charge in [-0.2, -0.15) is 0 Å². The summed E-state index contributed by atoms with van der Waals surface area (Å²) in [6.45, 7) is 0. The van der Waals surface area contributed by atoms with Crippen molar-refractivity contribution in [3.8, 4) is 33.4 Å². The highest BCUT2D eigenvalue weighted by molar-refractivity contribution is 6.17. The highest BCUT2D eigenvalue weighted by Crippen LogP contribution is 2.44. The van der Waals surface area contributed by atoms with Crippen molar-refractivity contribution in [2.45, 2.75) is 12.8 Å². The first kappa shape index (κ1) is 31.6. The maximum atomic E-state index is 6.60. The molecule has 8 aromatic carbocycles. The summed E-state index contributed by atoms with van der Waals surface area (Å²) < 4.78 is 26.0. The predicted molar refractivity (Wildman–Crippen MR) is 237 cm³/mol. The van der Waals surface area contributed by atoms with Crippen LogP contribution in [0, 0.1) is 0 Å². The Morgan fingerprint density at radius 2 is 0.810 bits per heavy atom. The molecule has 0 amide bonds. The molecule has 0 radical (unpaired) electrons. The summed E-state index contributed by atoms with van der Waals surface area (Å²) in [4.78, 5) is 0. The number of allylic oxidation sites excluding steroid dienone is 1. The molecule has 4 heterocycles. The molecule has 12 aromatic rings. The molecule has 0 atom stereocenters. The third-order valence-corrected chi connectivity index (χ3v) is 12.2. The smallest absolute Gasteiger partial charge is 0.178 e. The molecule has 0 unspecified atom stereocenters. The molecule has 0 spiro atoms. The van der Waals surface area contributed by atoms with E-state index in [0.29, 0.717) is 0 Å². The predicted octanol–water partition coefficient (Wildman–Crippen LogP) is 15.6. The third-order valence-electron chi connectivity index (χ3n) is 12.2. The highest BCUT2D eigenvalue weighted by atomic mass is 16.4. The van der Waals surface area contributed by atoms with E-state index in [1.165, 1.54) is 27.8 Å². The summed E-state index contributed by atoms with van der Waals surface area (Å²) in [5.41, 5.74) is 16.6. The van der Waals surface area contributed by atoms with Gasteiger partial charge < -0.3 is 17.7 Å². The first-order valence-electron chi connectivity index (χ1n) is 19.8. The van der Waals surface area contributed by atoms with Crippen LogP contribution in [-0.4, -0.2) is 0 Å². The number of furan rings is 4. The number of rotatable bonds is 4. The topological polar surface area (TPSA) is 52.6 Å². The van der Waals surface area contributed by atoms with Gasteiger partial charge in [0.05, 0.1) is 0 Å². The molecular weight excluding hydrogens is 713 g/mol. The summed E-state index contributed by atoms with van der Waals surface area (Å²) >= 11 is 0. The Balaban J connectivity index is 0.851. The van der Waals surface area contributed by atoms with Crippen LogP contribution in [0.5, 0.6) is 0 Å². The van der Waals surface area contributed by atoms with E-state index in [4.69, 9.17) is 17.7 Å². The zero-order valence-corrected chi connectivity index (χ0v) is 31.2. The molecule has 13 rings (SSSR count). The Bertz CT molecular complexity index is 3660. The van der Waals surface area contributed by atoms with E-state index in [1.54, 1.807) is 0 Å². The van der Waals surface area contributed by atoms with Gasteiger partial charge in [-0.15, -0.1) is 0 Å². The van der Waals surface area contributed by atoms with E-state index in [1.807, 2.05) is 12.1 Å². The lowest BCUT2D eigenvalue weighted by molar-refractivity contribution is 0.542. The van der Waals surface area contributed by atoms with Crippen LogP contribution in [0.15, 0.2) is 181 Å². The van der Waals surface area contributed by atoms with Gasteiger partial charge in [-0.05, 0) is 124 Å². The maximum Gasteiger partial charge on any atom is 0.178 e. The molecule has 4 nitrogen and oxygen atoms in total. The van der Waals surface area contributed by atoms with Crippen LogP contribution in [0.4, 0.5) is 0 Å². The van der Waals surface area contributed by atoms with Crippen molar-refractivity contribution in [1.29, 1.82) is 0 Å². The molecule has 0 bridgehead atoms. The second-order valence-corrected chi connectivity index (χ2v) is 15.5. The van der Waals surface area contributed by atoms with Gasteiger partial charge in [-0.1, -0.05) is 97.1 Å². The fourth-order valence-electron chi connectivity index (χ4n) is 9.27. The van der Waals surface area contributed by atoms with E-state index >= 15 is 0 Å². The summed E-state index contributed by atoms with van der Waals surface area (Å²) in [5.74, 6) is 1.01. The summed E-state index contributed by atoms with van der Waals surface area (Å²) in [6.07, 6.45) is 4.04. The Morgan fingerprint density at radius 1 is 0.293 bits per heavy atom. The number of aryl methyl sites for hydroxylation is 1. The standard InChI is InChI=1S/C54H32O4/c1-3-8-31(9-4-1)35-16-22-48-42(25-35)40-19-20-41-43-27-37(17-23-49(43)58-54(41)53(40)57-48)33-12-7-13-34(24-33)38-14-18-39-45-29-52-46(30-51(45)56-50(39)28-38)44-26-36(15-21-47(44)55-52)32-10-5-2-6-11-32/h1-16,18-22,24-30H,17,23H2. The van der Waals surface area contributed by atoms with Crippen LogP contribution in [-0.2, 0) is 6.42 Å². The van der Waals surface area contributed by atoms with Crippen molar-refractivity contribution in [2.75, 3.05) is 0 Å². The van der Waals surface area contributed by atoms with Gasteiger partial charge in [0.25, 0.3) is 0 Å². The summed E-state index contributed by atoms with van der Waals surface area (Å²) in [6, 6.07) is 57.8. The van der Waals surface area contributed by atoms with Gasteiger partial charge in [0.2, 0.25) is 0 Å². The molecule has 0 saturated carbocycles. The van der Waals surface area contributed by atoms with Crippen molar-refractivity contribution in [3.63, 3.8) is 0 Å². The van der Waals surface area contributed by atoms with E-state index < -0.39 is 0 Å². The van der Waals surface area contributed by atoms with E-state index in [9.17, 15) is 0 Å². The molecule has 1 aliphatic rings. The Morgan fingerprint density at radius 3 is 1.57 bits per heavy atom. The fourth-order valence-corrected chi connectivity index (χ4v) is 9.27. The first-order chi connectivity index (χ1) is 28.7. The van der Waals surface area contributed by atoms with Crippen molar-refractivity contribution in [1.82, 2.24) is 0 Å². The second-order valence-electron chi connectivity index (χ2n) is 15.5. The molecule has 0 fully saturated rings. The van der Waals surface area contributed by atoms with Crippen LogP contribution >= 0.6 is 0 Å². The van der Waals surface area contributed by atoms with Crippen LogP contribution in [0.3, 0.4) is 0 Å². The van der Waals surface area contributed by atoms with Crippen molar-refractivity contribution in [2.24, 2.45) is 0 Å². The van der Waals surface area contributed by atoms with Crippen molar-refractivity contribution < 1.29 is 17.7 Å². The molecule has 0 saturated heterocycles. The Labute approximate surface area is 331 Å². The van der Waals surface area contributed by atoms with E-state index in [-0.39, 0.29) is 0 Å². The van der Waals surface area contributed by atoms with Gasteiger partial charge >= 0.3 is 0 Å². The quantitative estimate of drug-likeness (QED) is 0.180. The highest BCUT2D eigenvalue weighted by Gasteiger charge is 2.23. The summed E-state index contributed by atoms with van der Waals surface area (Å²) in [7, 11) is 0. The van der Waals surface area contributed by atoms with Crippen LogP contribution < -0.4 is 0 Å². The minimum atomic E-state index is 0.809. The van der Waals surface area contributed by atoms with Gasteiger partial charge in [-0.25, -0.2) is 0 Å². The minimum absolute atomic E-state index is 0.809. The number of hydrogen-bond donors (Lipinski definition) is 0. The van der Waals surface area contributed by atoms with Gasteiger partial charge in [0, 0.05) is 49.7 Å². The molecule has 1 aliphatic carbocycles. The van der Waals surface area contributed by atoms with Crippen LogP contribution in [0.2, 0.25) is 0 Å². The number of hydrogen-bond acceptors (Lipinski definition) is 4. The lowest BCUT2D eigenvalue weighted by atomic mass is 9.90. The molecule has 0 aliphatic heterocycles. The largest absolute Gasteiger partial charge is 0.456 e. The van der Waals surface area contributed by atoms with E-state index in [0.717, 1.165) is 118 Å². The lowest BCUT2D eigenvalue weighted by Crippen LogP contribution is -1.96. The normalized spacial score (nSPS) is 13.1. The monoisotopic (exact) mass is 744 g/mol. The summed E-state index contributed by atoms with van der Waals surface area (Å²) in [5, 5.41) is 7.53. The van der Waals surface area contributed by atoms with Gasteiger partial charge in [0.15, 0.2) is 11.2 Å². The maximum absolute atomic E-state index is 6.60. The SMILES string of the molecule is C1=C(c2cccc(-c3ccc4c(c3)oc3cc5c(cc34)oc3ccc(-c4ccccc4)cc35)c2)CCc2oc3c(ccc4c5cc(-c6ccccc6)ccc5oc43)c21. The van der Waals surface area contributed by atoms with Crippen LogP contribution in [0.25, 0.3) is 122 Å². The minimum Gasteiger partial charge on any atom is -0.456 e. The molecule has 58 heavy (non-hydrogen) atoms. The van der Waals surface area contributed by atoms with Crippen LogP contribution in [0.1, 0.15) is 23.3 Å². The third kappa shape index (κ3) is 4.75. The Kier molecular flexibility index (Phi) is 6.53. The molecule has 272 valence electrons. The van der Waals surface area contributed by atoms with Gasteiger partial charge in [-0.3, -0.25) is 0 Å². The van der Waals surface area contributed by atoms with Crippen molar-refractivity contribution >= 4 is 88.4 Å².